The van der Waals surface area contributed by atoms with Crippen LogP contribution in [0.2, 0.25) is 0 Å². The Labute approximate surface area is 103 Å². The molecule has 92 valence electrons. The summed E-state index contributed by atoms with van der Waals surface area (Å²) in [6, 6.07) is 9.83. The molecule has 0 N–H and O–H groups in total. The first-order valence-electron chi connectivity index (χ1n) is 6.08. The number of carbonyl (C=O) groups is 1. The summed E-state index contributed by atoms with van der Waals surface area (Å²) in [5, 5.41) is 3.87. The van der Waals surface area contributed by atoms with E-state index in [-0.39, 0.29) is 11.4 Å². The minimum Gasteiger partial charge on any atom is -0.273 e. The maximum atomic E-state index is 12.2. The molecule has 1 aliphatic rings. The lowest BCUT2D eigenvalue weighted by Gasteiger charge is -2.38. The molecular formula is C14H20N2O. The fourth-order valence-corrected chi connectivity index (χ4v) is 2.36. The molecule has 1 saturated heterocycles. The Balaban J connectivity index is 2.36. The van der Waals surface area contributed by atoms with Crippen molar-refractivity contribution in [2.75, 3.05) is 12.1 Å². The molecule has 1 aliphatic heterocycles. The first-order chi connectivity index (χ1) is 7.97. The van der Waals surface area contributed by atoms with E-state index < -0.39 is 0 Å². The number of hydrogen-bond acceptors (Lipinski definition) is 2. The average molecular weight is 232 g/mol. The molecule has 17 heavy (non-hydrogen) atoms. The predicted molar refractivity (Wildman–Crippen MR) is 69.6 cm³/mol. The van der Waals surface area contributed by atoms with Gasteiger partial charge in [0.25, 0.3) is 0 Å². The van der Waals surface area contributed by atoms with Gasteiger partial charge < -0.3 is 0 Å². The third kappa shape index (κ3) is 1.84. The van der Waals surface area contributed by atoms with Crippen LogP contribution in [0, 0.1) is 5.92 Å². The number of para-hydroxylation sites is 1. The summed E-state index contributed by atoms with van der Waals surface area (Å²) in [6.45, 7) is 6.48. The number of hydrazine groups is 1. The van der Waals surface area contributed by atoms with E-state index in [0.717, 1.165) is 5.69 Å². The molecule has 1 aromatic rings. The lowest BCUT2D eigenvalue weighted by atomic mass is 9.86. The number of benzene rings is 1. The van der Waals surface area contributed by atoms with E-state index in [0.29, 0.717) is 12.3 Å². The van der Waals surface area contributed by atoms with E-state index in [1.54, 1.807) is 5.01 Å². The smallest absolute Gasteiger partial charge is 0.243 e. The Hall–Kier alpha value is -1.35. The predicted octanol–water partition coefficient (Wildman–Crippen LogP) is 2.68. The molecule has 0 saturated carbocycles. The first-order valence-corrected chi connectivity index (χ1v) is 6.08. The Morgan fingerprint density at radius 1 is 1.24 bits per heavy atom. The first kappa shape index (κ1) is 12.1. The summed E-state index contributed by atoms with van der Waals surface area (Å²) in [4.78, 5) is 12.2. The number of nitrogens with zero attached hydrogens (tertiary/aromatic N) is 2. The second-order valence-electron chi connectivity index (χ2n) is 5.25. The molecule has 1 unspecified atom stereocenters. The van der Waals surface area contributed by atoms with E-state index >= 15 is 0 Å². The third-order valence-electron chi connectivity index (χ3n) is 4.03. The molecule has 1 atom stereocenters. The van der Waals surface area contributed by atoms with E-state index in [1.807, 2.05) is 37.4 Å². The molecule has 1 amide bonds. The maximum Gasteiger partial charge on any atom is 0.243 e. The van der Waals surface area contributed by atoms with Crippen molar-refractivity contribution in [2.45, 2.75) is 32.7 Å². The number of hydrogen-bond donors (Lipinski definition) is 0. The average Bonchev–Trinajstić information content (AvgIpc) is 2.52. The lowest BCUT2D eigenvalue weighted by Crippen LogP contribution is -2.49. The third-order valence-corrected chi connectivity index (χ3v) is 4.03. The second kappa shape index (κ2) is 4.15. The van der Waals surface area contributed by atoms with Crippen molar-refractivity contribution in [1.29, 1.82) is 0 Å². The largest absolute Gasteiger partial charge is 0.273 e. The number of amides is 1. The number of carbonyl (C=O) groups excluding carboxylic acids is 1. The highest BCUT2D eigenvalue weighted by molar-refractivity contribution is 5.95. The van der Waals surface area contributed by atoms with Crippen molar-refractivity contribution < 1.29 is 4.79 Å². The Morgan fingerprint density at radius 2 is 1.82 bits per heavy atom. The summed E-state index contributed by atoms with van der Waals surface area (Å²) in [7, 11) is 2.00. The topological polar surface area (TPSA) is 23.6 Å². The van der Waals surface area contributed by atoms with Gasteiger partial charge in [0, 0.05) is 19.0 Å². The maximum absolute atomic E-state index is 12.2. The minimum absolute atomic E-state index is 0.0904. The molecule has 1 aromatic carbocycles. The quantitative estimate of drug-likeness (QED) is 0.782. The molecule has 0 aromatic heterocycles. The van der Waals surface area contributed by atoms with Gasteiger partial charge in [-0.05, 0) is 25.0 Å². The Bertz CT molecular complexity index is 415. The van der Waals surface area contributed by atoms with Crippen LogP contribution in [0.4, 0.5) is 5.69 Å². The van der Waals surface area contributed by atoms with Crippen LogP contribution in [0.15, 0.2) is 30.3 Å². The summed E-state index contributed by atoms with van der Waals surface area (Å²) in [5.74, 6) is 0.611. The standard InChI is InChI=1S/C14H20N2O/c1-11(2)14(3)10-13(17)16(15(14)4)12-8-6-5-7-9-12/h5-9,11H,10H2,1-4H3. The second-order valence-corrected chi connectivity index (χ2v) is 5.25. The highest BCUT2D eigenvalue weighted by Crippen LogP contribution is 2.37. The van der Waals surface area contributed by atoms with Crippen molar-refractivity contribution in [3.63, 3.8) is 0 Å². The van der Waals surface area contributed by atoms with Gasteiger partial charge in [0.05, 0.1) is 5.69 Å². The van der Waals surface area contributed by atoms with Gasteiger partial charge in [0.2, 0.25) is 5.91 Å². The van der Waals surface area contributed by atoms with Gasteiger partial charge in [-0.3, -0.25) is 4.79 Å². The van der Waals surface area contributed by atoms with Crippen molar-refractivity contribution in [3.05, 3.63) is 30.3 Å². The Morgan fingerprint density at radius 3 is 2.29 bits per heavy atom. The molecular weight excluding hydrogens is 212 g/mol. The van der Waals surface area contributed by atoms with Crippen LogP contribution < -0.4 is 5.01 Å². The molecule has 3 nitrogen and oxygen atoms in total. The highest BCUT2D eigenvalue weighted by Gasteiger charge is 2.47. The zero-order chi connectivity index (χ0) is 12.6. The zero-order valence-electron chi connectivity index (χ0n) is 11.0. The molecule has 0 radical (unpaired) electrons. The number of anilines is 1. The zero-order valence-corrected chi connectivity index (χ0v) is 11.0. The van der Waals surface area contributed by atoms with E-state index in [1.165, 1.54) is 0 Å². The van der Waals surface area contributed by atoms with Crippen LogP contribution in [-0.4, -0.2) is 23.5 Å². The van der Waals surface area contributed by atoms with Gasteiger partial charge >= 0.3 is 0 Å². The molecule has 0 aliphatic carbocycles. The molecule has 2 rings (SSSR count). The highest BCUT2D eigenvalue weighted by atomic mass is 16.2. The molecule has 0 spiro atoms. The monoisotopic (exact) mass is 232 g/mol. The van der Waals surface area contributed by atoms with Gasteiger partial charge in [-0.1, -0.05) is 32.0 Å². The van der Waals surface area contributed by atoms with Gasteiger partial charge in [0.1, 0.15) is 0 Å². The van der Waals surface area contributed by atoms with Crippen molar-refractivity contribution in [3.8, 4) is 0 Å². The summed E-state index contributed by atoms with van der Waals surface area (Å²) in [6.07, 6.45) is 0.579. The van der Waals surface area contributed by atoms with Crippen LogP contribution in [0.5, 0.6) is 0 Å². The van der Waals surface area contributed by atoms with E-state index in [4.69, 9.17) is 0 Å². The summed E-state index contributed by atoms with van der Waals surface area (Å²) < 4.78 is 0. The van der Waals surface area contributed by atoms with Crippen LogP contribution in [0.3, 0.4) is 0 Å². The van der Waals surface area contributed by atoms with Crippen molar-refractivity contribution >= 4 is 11.6 Å². The minimum atomic E-state index is -0.0904. The van der Waals surface area contributed by atoms with E-state index in [2.05, 4.69) is 25.8 Å². The van der Waals surface area contributed by atoms with Crippen LogP contribution in [0.1, 0.15) is 27.2 Å². The fraction of sp³-hybridized carbons (Fsp3) is 0.500. The summed E-state index contributed by atoms with van der Waals surface area (Å²) >= 11 is 0. The lowest BCUT2D eigenvalue weighted by molar-refractivity contribution is -0.118. The SMILES string of the molecule is CC(C)C1(C)CC(=O)N(c2ccccc2)N1C. The Kier molecular flexibility index (Phi) is 2.96. The van der Waals surface area contributed by atoms with Crippen LogP contribution in [-0.2, 0) is 4.79 Å². The number of rotatable bonds is 2. The van der Waals surface area contributed by atoms with Crippen molar-refractivity contribution in [2.24, 2.45) is 5.92 Å². The molecule has 1 fully saturated rings. The van der Waals surface area contributed by atoms with Crippen molar-refractivity contribution in [1.82, 2.24) is 5.01 Å². The van der Waals surface area contributed by atoms with Gasteiger partial charge in [-0.15, -0.1) is 0 Å². The van der Waals surface area contributed by atoms with E-state index in [9.17, 15) is 4.79 Å². The molecule has 0 bridgehead atoms. The van der Waals surface area contributed by atoms with Crippen LogP contribution >= 0.6 is 0 Å². The normalized spacial score (nSPS) is 25.9. The van der Waals surface area contributed by atoms with Gasteiger partial charge in [-0.2, -0.15) is 0 Å². The molecule has 1 heterocycles. The molecule has 3 heteroatoms. The summed E-state index contributed by atoms with van der Waals surface area (Å²) in [5.41, 5.74) is 0.858. The van der Waals surface area contributed by atoms with Gasteiger partial charge in [-0.25, -0.2) is 10.0 Å². The van der Waals surface area contributed by atoms with Gasteiger partial charge in [0.15, 0.2) is 0 Å². The fourth-order valence-electron chi connectivity index (χ4n) is 2.36. The van der Waals surface area contributed by atoms with Crippen LogP contribution in [0.25, 0.3) is 0 Å².